The second-order valence-corrected chi connectivity index (χ2v) is 9.11. The van der Waals surface area contributed by atoms with Gasteiger partial charge in [0.2, 0.25) is 0 Å². The maximum absolute atomic E-state index is 12.7. The minimum absolute atomic E-state index is 0.0981. The standard InChI is InChI=1S/C25H29NO4S/c1-16(2)21-11-6-18(5)14-22(21)29-13-12-26-24(27)23(31-25(26)28)15-19-7-9-20(10-8-19)30-17(3)4/h6-11,14-17H,12-13H2,1-5H3/b23-15-. The molecule has 3 rings (SSSR count). The van der Waals surface area contributed by atoms with E-state index in [1.165, 1.54) is 4.90 Å². The number of benzene rings is 2. The molecule has 1 fully saturated rings. The van der Waals surface area contributed by atoms with E-state index in [1.807, 2.05) is 51.1 Å². The SMILES string of the molecule is Cc1ccc(C(C)C)c(OCCN2C(=O)S/C(=C\c3ccc(OC(C)C)cc3)C2=O)c1. The van der Waals surface area contributed by atoms with Crippen LogP contribution in [0.25, 0.3) is 6.08 Å². The second kappa shape index (κ2) is 10.1. The summed E-state index contributed by atoms with van der Waals surface area (Å²) in [6, 6.07) is 13.6. The van der Waals surface area contributed by atoms with Crippen LogP contribution in [-0.4, -0.2) is 35.3 Å². The first-order chi connectivity index (χ1) is 14.7. The lowest BCUT2D eigenvalue weighted by Crippen LogP contribution is -2.32. The minimum Gasteiger partial charge on any atom is -0.491 e. The molecule has 2 aromatic rings. The number of rotatable bonds is 8. The molecule has 1 aliphatic heterocycles. The number of carbonyl (C=O) groups excluding carboxylic acids is 2. The number of carbonyl (C=O) groups is 2. The van der Waals surface area contributed by atoms with E-state index in [0.29, 0.717) is 10.8 Å². The number of imide groups is 1. The molecule has 0 radical (unpaired) electrons. The van der Waals surface area contributed by atoms with Crippen LogP contribution < -0.4 is 9.47 Å². The highest BCUT2D eigenvalue weighted by molar-refractivity contribution is 8.18. The van der Waals surface area contributed by atoms with Crippen LogP contribution in [0.15, 0.2) is 47.4 Å². The van der Waals surface area contributed by atoms with Crippen molar-refractivity contribution < 1.29 is 19.1 Å². The fourth-order valence-electron chi connectivity index (χ4n) is 3.25. The van der Waals surface area contributed by atoms with Gasteiger partial charge in [-0.3, -0.25) is 14.5 Å². The van der Waals surface area contributed by atoms with Gasteiger partial charge in [-0.2, -0.15) is 0 Å². The van der Waals surface area contributed by atoms with Crippen molar-refractivity contribution in [3.63, 3.8) is 0 Å². The maximum atomic E-state index is 12.7. The van der Waals surface area contributed by atoms with E-state index in [1.54, 1.807) is 6.08 Å². The van der Waals surface area contributed by atoms with Gasteiger partial charge in [0.1, 0.15) is 18.1 Å². The molecule has 164 valence electrons. The van der Waals surface area contributed by atoms with E-state index in [-0.39, 0.29) is 30.4 Å². The van der Waals surface area contributed by atoms with Crippen LogP contribution in [0.5, 0.6) is 11.5 Å². The number of amides is 2. The highest BCUT2D eigenvalue weighted by Crippen LogP contribution is 2.33. The molecule has 0 unspecified atom stereocenters. The number of nitrogens with zero attached hydrogens (tertiary/aromatic N) is 1. The zero-order valence-corrected chi connectivity index (χ0v) is 19.5. The van der Waals surface area contributed by atoms with Crippen molar-refractivity contribution in [2.45, 2.75) is 46.6 Å². The van der Waals surface area contributed by atoms with Gasteiger partial charge in [0, 0.05) is 0 Å². The van der Waals surface area contributed by atoms with E-state index in [9.17, 15) is 9.59 Å². The van der Waals surface area contributed by atoms with Crippen molar-refractivity contribution in [1.29, 1.82) is 0 Å². The third-order valence-corrected chi connectivity index (χ3v) is 5.69. The first kappa shape index (κ1) is 22.9. The molecular weight excluding hydrogens is 410 g/mol. The molecule has 1 saturated heterocycles. The Hall–Kier alpha value is -2.73. The van der Waals surface area contributed by atoms with Crippen molar-refractivity contribution in [2.24, 2.45) is 0 Å². The molecule has 2 amide bonds. The third-order valence-electron chi connectivity index (χ3n) is 4.79. The molecule has 5 nitrogen and oxygen atoms in total. The maximum Gasteiger partial charge on any atom is 0.293 e. The number of ether oxygens (including phenoxy) is 2. The topological polar surface area (TPSA) is 55.8 Å². The van der Waals surface area contributed by atoms with E-state index in [4.69, 9.17) is 9.47 Å². The van der Waals surface area contributed by atoms with E-state index in [0.717, 1.165) is 40.0 Å². The summed E-state index contributed by atoms with van der Waals surface area (Å²) in [5.74, 6) is 1.62. The molecule has 6 heteroatoms. The van der Waals surface area contributed by atoms with Crippen molar-refractivity contribution >= 4 is 29.0 Å². The van der Waals surface area contributed by atoms with Crippen LogP contribution in [0.2, 0.25) is 0 Å². The van der Waals surface area contributed by atoms with Crippen molar-refractivity contribution in [1.82, 2.24) is 4.90 Å². The Morgan fingerprint density at radius 3 is 2.39 bits per heavy atom. The van der Waals surface area contributed by atoms with E-state index < -0.39 is 0 Å². The summed E-state index contributed by atoms with van der Waals surface area (Å²) in [4.78, 5) is 26.8. The molecule has 0 aromatic heterocycles. The number of hydrogen-bond acceptors (Lipinski definition) is 5. The molecule has 0 N–H and O–H groups in total. The Kier molecular flexibility index (Phi) is 7.44. The Bertz CT molecular complexity index is 980. The Morgan fingerprint density at radius 2 is 1.74 bits per heavy atom. The quantitative estimate of drug-likeness (QED) is 0.471. The average molecular weight is 440 g/mol. The average Bonchev–Trinajstić information content (AvgIpc) is 2.96. The first-order valence-electron chi connectivity index (χ1n) is 10.5. The van der Waals surface area contributed by atoms with Gasteiger partial charge < -0.3 is 9.47 Å². The molecule has 2 aromatic carbocycles. The smallest absolute Gasteiger partial charge is 0.293 e. The van der Waals surface area contributed by atoms with Gasteiger partial charge in [-0.05, 0) is 79.4 Å². The molecular formula is C25H29NO4S. The fourth-order valence-corrected chi connectivity index (χ4v) is 4.11. The number of thioether (sulfide) groups is 1. The van der Waals surface area contributed by atoms with Gasteiger partial charge >= 0.3 is 0 Å². The molecule has 0 spiro atoms. The minimum atomic E-state index is -0.283. The van der Waals surface area contributed by atoms with Gasteiger partial charge in [0.15, 0.2) is 0 Å². The summed E-state index contributed by atoms with van der Waals surface area (Å²) in [6.07, 6.45) is 1.84. The molecule has 0 atom stereocenters. The van der Waals surface area contributed by atoms with Gasteiger partial charge in [-0.15, -0.1) is 0 Å². The van der Waals surface area contributed by atoms with Crippen LogP contribution in [-0.2, 0) is 4.79 Å². The summed E-state index contributed by atoms with van der Waals surface area (Å²) < 4.78 is 11.6. The summed E-state index contributed by atoms with van der Waals surface area (Å²) in [7, 11) is 0. The number of hydrogen-bond donors (Lipinski definition) is 0. The summed E-state index contributed by atoms with van der Waals surface area (Å²) >= 11 is 0.960. The van der Waals surface area contributed by atoms with Crippen LogP contribution in [0, 0.1) is 6.92 Å². The third kappa shape index (κ3) is 5.91. The van der Waals surface area contributed by atoms with Crippen LogP contribution in [0.1, 0.15) is 50.3 Å². The Labute approximate surface area is 188 Å². The van der Waals surface area contributed by atoms with Gasteiger partial charge in [0.25, 0.3) is 11.1 Å². The normalized spacial score (nSPS) is 15.5. The Morgan fingerprint density at radius 1 is 1.03 bits per heavy atom. The largest absolute Gasteiger partial charge is 0.491 e. The fraction of sp³-hybridized carbons (Fsp3) is 0.360. The highest BCUT2D eigenvalue weighted by atomic mass is 32.2. The van der Waals surface area contributed by atoms with E-state index >= 15 is 0 Å². The Balaban J connectivity index is 1.63. The van der Waals surface area contributed by atoms with Crippen LogP contribution >= 0.6 is 11.8 Å². The molecule has 0 bridgehead atoms. The first-order valence-corrected chi connectivity index (χ1v) is 11.3. The molecule has 31 heavy (non-hydrogen) atoms. The number of aryl methyl sites for hydroxylation is 1. The van der Waals surface area contributed by atoms with Crippen LogP contribution in [0.3, 0.4) is 0 Å². The highest BCUT2D eigenvalue weighted by Gasteiger charge is 2.34. The van der Waals surface area contributed by atoms with Gasteiger partial charge in [-0.25, -0.2) is 0 Å². The summed E-state index contributed by atoms with van der Waals surface area (Å²) in [5, 5.41) is -0.270. The van der Waals surface area contributed by atoms with Crippen molar-refractivity contribution in [2.75, 3.05) is 13.2 Å². The van der Waals surface area contributed by atoms with Crippen LogP contribution in [0.4, 0.5) is 4.79 Å². The molecule has 0 saturated carbocycles. The van der Waals surface area contributed by atoms with Gasteiger partial charge in [0.05, 0.1) is 17.6 Å². The second-order valence-electron chi connectivity index (χ2n) is 8.11. The zero-order valence-electron chi connectivity index (χ0n) is 18.7. The predicted octanol–water partition coefficient (Wildman–Crippen LogP) is 6.02. The molecule has 0 aliphatic carbocycles. The molecule has 1 aliphatic rings. The van der Waals surface area contributed by atoms with E-state index in [2.05, 4.69) is 26.0 Å². The lowest BCUT2D eigenvalue weighted by Gasteiger charge is -2.17. The monoisotopic (exact) mass is 439 g/mol. The predicted molar refractivity (Wildman–Crippen MR) is 126 cm³/mol. The molecule has 1 heterocycles. The summed E-state index contributed by atoms with van der Waals surface area (Å²) in [5.41, 5.74) is 3.07. The van der Waals surface area contributed by atoms with Gasteiger partial charge in [-0.1, -0.05) is 38.1 Å². The van der Waals surface area contributed by atoms with Crippen molar-refractivity contribution in [3.05, 3.63) is 64.1 Å². The van der Waals surface area contributed by atoms with Crippen molar-refractivity contribution in [3.8, 4) is 11.5 Å². The summed E-state index contributed by atoms with van der Waals surface area (Å²) in [6.45, 7) is 10.6. The lowest BCUT2D eigenvalue weighted by atomic mass is 10.0. The lowest BCUT2D eigenvalue weighted by molar-refractivity contribution is -0.123. The zero-order chi connectivity index (χ0) is 22.5.